The number of phenolic OH excluding ortho intramolecular Hbond substituents is 1. The number of fused-ring (bicyclic) bond motifs is 1. The molecule has 0 unspecified atom stereocenters. The van der Waals surface area contributed by atoms with E-state index >= 15 is 0 Å². The molecule has 0 spiro atoms. The molecule has 1 aliphatic rings. The van der Waals surface area contributed by atoms with Crippen molar-refractivity contribution in [1.29, 1.82) is 5.41 Å². The second kappa shape index (κ2) is 8.99. The zero-order valence-corrected chi connectivity index (χ0v) is 21.1. The van der Waals surface area contributed by atoms with E-state index in [-0.39, 0.29) is 46.3 Å². The summed E-state index contributed by atoms with van der Waals surface area (Å²) in [5, 5.41) is 19.0. The molecule has 31 heavy (non-hydrogen) atoms. The van der Waals surface area contributed by atoms with Crippen molar-refractivity contribution in [3.63, 3.8) is 0 Å². The van der Waals surface area contributed by atoms with Crippen LogP contribution in [0.1, 0.15) is 71.7 Å². The number of amidine groups is 1. The molecule has 0 saturated heterocycles. The molecule has 1 aromatic heterocycles. The third kappa shape index (κ3) is 4.61. The predicted octanol–water partition coefficient (Wildman–Crippen LogP) is 5.01. The minimum atomic E-state index is -0.282. The molecule has 1 aromatic carbocycles. The Bertz CT molecular complexity index is 1040. The van der Waals surface area contributed by atoms with Crippen LogP contribution in [0.2, 0.25) is 0 Å². The van der Waals surface area contributed by atoms with E-state index in [1.807, 2.05) is 41.5 Å². The molecule has 7 heteroatoms. The van der Waals surface area contributed by atoms with E-state index in [9.17, 15) is 9.90 Å². The topological polar surface area (TPSA) is 86.5 Å². The number of hydrogen-bond acceptors (Lipinski definition) is 5. The molecule has 2 aromatic rings. The Morgan fingerprint density at radius 2 is 1.90 bits per heavy atom. The van der Waals surface area contributed by atoms with Crippen molar-refractivity contribution in [2.24, 2.45) is 0 Å². The Morgan fingerprint density at radius 3 is 2.48 bits per heavy atom. The van der Waals surface area contributed by atoms with Gasteiger partial charge in [-0.05, 0) is 50.8 Å². The molecule has 0 amide bonds. The Kier molecular flexibility index (Phi) is 7.21. The van der Waals surface area contributed by atoms with Gasteiger partial charge < -0.3 is 14.7 Å². The lowest BCUT2D eigenvalue weighted by Gasteiger charge is -2.23. The number of pyridine rings is 1. The van der Waals surface area contributed by atoms with E-state index in [0.717, 1.165) is 28.1 Å². The second-order valence-electron chi connectivity index (χ2n) is 8.98. The van der Waals surface area contributed by atoms with Crippen LogP contribution in [0.5, 0.6) is 11.5 Å². The third-order valence-corrected chi connectivity index (χ3v) is 5.63. The zero-order valence-electron chi connectivity index (χ0n) is 19.3. The highest BCUT2D eigenvalue weighted by atomic mass is 79.9. The number of aromatic nitrogens is 1. The molecule has 2 heterocycles. The number of nitrogens with zero attached hydrogens (tertiary/aromatic N) is 2. The molecule has 6 nitrogen and oxygen atoms in total. The summed E-state index contributed by atoms with van der Waals surface area (Å²) in [6.07, 6.45) is 0. The fourth-order valence-corrected chi connectivity index (χ4v) is 3.95. The van der Waals surface area contributed by atoms with Gasteiger partial charge >= 0.3 is 0 Å². The molecule has 0 fully saturated rings. The van der Waals surface area contributed by atoms with Crippen LogP contribution in [0.25, 0.3) is 0 Å². The zero-order chi connectivity index (χ0) is 22.4. The first-order chi connectivity index (χ1) is 14.0. The molecule has 2 N–H and O–H groups in total. The number of ketones is 1. The van der Waals surface area contributed by atoms with Crippen LogP contribution in [-0.2, 0) is 12.0 Å². The van der Waals surface area contributed by atoms with Gasteiger partial charge in [0.05, 0.1) is 18.8 Å². The number of hydrogen-bond donors (Lipinski definition) is 2. The van der Waals surface area contributed by atoms with E-state index in [1.165, 1.54) is 0 Å². The molecule has 1 aliphatic heterocycles. The molecule has 3 rings (SSSR count). The summed E-state index contributed by atoms with van der Waals surface area (Å²) in [5.74, 6) is 1.18. The van der Waals surface area contributed by atoms with Crippen molar-refractivity contribution < 1.29 is 14.6 Å². The highest BCUT2D eigenvalue weighted by Crippen LogP contribution is 2.35. The maximum Gasteiger partial charge on any atom is 0.182 e. The number of phenols is 1. The van der Waals surface area contributed by atoms with E-state index in [1.54, 1.807) is 24.0 Å². The van der Waals surface area contributed by atoms with Crippen molar-refractivity contribution in [2.75, 3.05) is 13.2 Å². The second-order valence-corrected chi connectivity index (χ2v) is 8.98. The standard InChI is InChI=1S/C24H31N3O3.BrH/c1-8-30-22-14(3)17-11-27(23(25)20(17)26-15(22)4)12-19(28)16-9-13(2)21(29)18(10-16)24(5,6)7;/h9-10,25,29H,8,11-12H2,1-7H3;1H. The minimum Gasteiger partial charge on any atom is -0.507 e. The monoisotopic (exact) mass is 489 g/mol. The minimum absolute atomic E-state index is 0. The predicted molar refractivity (Wildman–Crippen MR) is 128 cm³/mol. The Balaban J connectivity index is 0.00000341. The highest BCUT2D eigenvalue weighted by molar-refractivity contribution is 8.93. The van der Waals surface area contributed by atoms with Crippen LogP contribution in [0.3, 0.4) is 0 Å². The molecule has 0 aliphatic carbocycles. The van der Waals surface area contributed by atoms with Gasteiger partial charge in [0.2, 0.25) is 0 Å². The van der Waals surface area contributed by atoms with Crippen molar-refractivity contribution in [2.45, 2.75) is 60.4 Å². The maximum atomic E-state index is 13.1. The van der Waals surface area contributed by atoms with Crippen LogP contribution in [-0.4, -0.2) is 39.8 Å². The number of aromatic hydroxyl groups is 1. The lowest BCUT2D eigenvalue weighted by atomic mass is 9.83. The van der Waals surface area contributed by atoms with Crippen molar-refractivity contribution >= 4 is 28.6 Å². The van der Waals surface area contributed by atoms with Crippen LogP contribution < -0.4 is 4.74 Å². The highest BCUT2D eigenvalue weighted by Gasteiger charge is 2.31. The summed E-state index contributed by atoms with van der Waals surface area (Å²) in [6, 6.07) is 3.50. The Labute approximate surface area is 194 Å². The van der Waals surface area contributed by atoms with E-state index in [2.05, 4.69) is 4.98 Å². The van der Waals surface area contributed by atoms with Crippen molar-refractivity contribution in [3.8, 4) is 11.5 Å². The van der Waals surface area contributed by atoms with Gasteiger partial charge in [-0.3, -0.25) is 10.2 Å². The number of Topliss-reactive ketones (excluding diaryl/α,β-unsaturated/α-hetero) is 1. The van der Waals surface area contributed by atoms with Gasteiger partial charge in [-0.1, -0.05) is 20.8 Å². The summed E-state index contributed by atoms with van der Waals surface area (Å²) in [6.45, 7) is 14.7. The van der Waals surface area contributed by atoms with Crippen molar-refractivity contribution in [3.05, 3.63) is 51.3 Å². The van der Waals surface area contributed by atoms with Gasteiger partial charge in [-0.2, -0.15) is 0 Å². The van der Waals surface area contributed by atoms with Crippen LogP contribution in [0, 0.1) is 26.2 Å². The molecular formula is C24H32BrN3O3. The molecule has 0 saturated carbocycles. The molecule has 168 valence electrons. The van der Waals surface area contributed by atoms with Crippen LogP contribution in [0.15, 0.2) is 12.1 Å². The first-order valence-corrected chi connectivity index (χ1v) is 10.3. The van der Waals surface area contributed by atoms with Gasteiger partial charge in [-0.15, -0.1) is 17.0 Å². The van der Waals surface area contributed by atoms with Gasteiger partial charge in [-0.25, -0.2) is 4.98 Å². The summed E-state index contributed by atoms with van der Waals surface area (Å²) in [5.41, 5.74) is 5.01. The smallest absolute Gasteiger partial charge is 0.182 e. The molecule has 0 bridgehead atoms. The lowest BCUT2D eigenvalue weighted by Crippen LogP contribution is -2.30. The third-order valence-electron chi connectivity index (χ3n) is 5.63. The Hall–Kier alpha value is -2.41. The van der Waals surface area contributed by atoms with E-state index in [4.69, 9.17) is 10.1 Å². The number of benzene rings is 1. The SMILES string of the molecule is Br.CCOc1c(C)nc2c(c1C)CN(CC(=O)c1cc(C)c(O)c(C(C)(C)C)c1)C2=N. The lowest BCUT2D eigenvalue weighted by molar-refractivity contribution is 0.0962. The van der Waals surface area contributed by atoms with Gasteiger partial charge in [0.25, 0.3) is 0 Å². The number of rotatable bonds is 5. The number of nitrogens with one attached hydrogen (secondary N) is 1. The normalized spacial score (nSPS) is 13.1. The van der Waals surface area contributed by atoms with Crippen LogP contribution in [0.4, 0.5) is 0 Å². The quantitative estimate of drug-likeness (QED) is 0.576. The summed E-state index contributed by atoms with van der Waals surface area (Å²) in [7, 11) is 0. The average molecular weight is 490 g/mol. The fraction of sp³-hybridized carbons (Fsp3) is 0.458. The molecule has 0 radical (unpaired) electrons. The number of ether oxygens (including phenoxy) is 1. The summed E-state index contributed by atoms with van der Waals surface area (Å²) >= 11 is 0. The van der Waals surface area contributed by atoms with Crippen LogP contribution >= 0.6 is 17.0 Å². The fourth-order valence-electron chi connectivity index (χ4n) is 3.95. The van der Waals surface area contributed by atoms with Gasteiger partial charge in [0.15, 0.2) is 5.78 Å². The first kappa shape index (κ1) is 24.9. The Morgan fingerprint density at radius 1 is 1.26 bits per heavy atom. The number of carbonyl (C=O) groups is 1. The van der Waals surface area contributed by atoms with Gasteiger partial charge in [0, 0.05) is 28.8 Å². The number of aryl methyl sites for hydroxylation is 2. The van der Waals surface area contributed by atoms with E-state index in [0.29, 0.717) is 30.0 Å². The summed E-state index contributed by atoms with van der Waals surface area (Å²) < 4.78 is 5.74. The summed E-state index contributed by atoms with van der Waals surface area (Å²) in [4.78, 5) is 19.4. The number of halogens is 1. The average Bonchev–Trinajstić information content (AvgIpc) is 2.96. The van der Waals surface area contributed by atoms with Gasteiger partial charge in [0.1, 0.15) is 23.0 Å². The molecular weight excluding hydrogens is 458 g/mol. The maximum absolute atomic E-state index is 13.1. The largest absolute Gasteiger partial charge is 0.507 e. The van der Waals surface area contributed by atoms with Crippen molar-refractivity contribution in [1.82, 2.24) is 9.88 Å². The van der Waals surface area contributed by atoms with E-state index < -0.39 is 0 Å². The first-order valence-electron chi connectivity index (χ1n) is 10.3. The number of carbonyl (C=O) groups excluding carboxylic acids is 1. The molecule has 0 atom stereocenters.